The Morgan fingerprint density at radius 1 is 0.406 bits per heavy atom. The molecule has 0 radical (unpaired) electrons. The smallest absolute Gasteiger partial charge is 0.345 e. The van der Waals surface area contributed by atoms with Gasteiger partial charge in [0.15, 0.2) is 27.8 Å². The van der Waals surface area contributed by atoms with Crippen molar-refractivity contribution in [1.29, 1.82) is 0 Å². The third-order valence-electron chi connectivity index (χ3n) is 24.5. The molecule has 12 heterocycles. The number of aromatic carboxylic acids is 5. The number of H-pyrrole nitrogens is 10. The molecule has 23 N–H and O–H groups in total. The van der Waals surface area contributed by atoms with Crippen molar-refractivity contribution in [3.8, 4) is 85.0 Å². The van der Waals surface area contributed by atoms with E-state index in [1.807, 2.05) is 118 Å². The van der Waals surface area contributed by atoms with E-state index >= 15 is 0 Å². The van der Waals surface area contributed by atoms with Gasteiger partial charge in [-0.3, -0.25) is 28.9 Å². The number of carboxylic acid groups (broad SMARTS) is 5. The standard InChI is InChI=1S/C22H27N3O4.C20H21N3O4.C19H19N3O4.C19H21N3O4.C18H19N3O4/c1-5-12(3)25(4)11-15-9-13-7-8-14(10-17(13)23-15)19-16(6-2)20(26)18(22(28)29)21(27)24-19;1-3-11-17(22-19(25)16(18(11)24)20(26)27)10-4-5-12-13-6-7-23(2)9-15(13)21-14(12)8-10;1-2-10-16(22-18(24)15(17(10)23)19(25)26)9-3-4-11-12-5-6-20-8-14(12)21-13(11)7-9;1-3-13-16(22-18(24)15(17(13)23)19(25)26)11-6-5-10-7-12(9-20-4-2)21-14(10)8-11;1-3-19-8-12-6-10-4-5-11(7-13(10)20-12)15-9(2)16(22)14(18(24)25)17(23)21-15/h7-10,12,23H,5-6,11H2,1-4H3,(H,28,29)(H2,24,26,27);4-5,8,21H,3,6-7,9H2,1-2H3,(H,26,27)(H2,22,24,25);3-4,7,20-21H,2,5-6,8H2,1H3,(H,25,26)(H2,22,23,24);5-8,20-21H,3-4,9H2,1-2H3,(H,25,26)(H2,22,23,24);4-7,19-20H,3,8H2,1-2H3,(H,24,25)(H2,21,22,23). The van der Waals surface area contributed by atoms with Gasteiger partial charge in [0.1, 0.15) is 28.7 Å². The Bertz CT molecular complexity index is 7390. The molecule has 133 heavy (non-hydrogen) atoms. The number of aromatic hydroxyl groups is 5. The van der Waals surface area contributed by atoms with Gasteiger partial charge in [0, 0.05) is 168 Å². The molecule has 694 valence electrons. The highest BCUT2D eigenvalue weighted by molar-refractivity contribution is 5.98. The van der Waals surface area contributed by atoms with Gasteiger partial charge >= 0.3 is 29.8 Å². The number of pyridine rings is 5. The van der Waals surface area contributed by atoms with Gasteiger partial charge in [-0.1, -0.05) is 109 Å². The van der Waals surface area contributed by atoms with E-state index in [9.17, 15) is 88.8 Å². The van der Waals surface area contributed by atoms with Gasteiger partial charge < -0.3 is 122 Å². The van der Waals surface area contributed by atoms with E-state index in [0.29, 0.717) is 105 Å². The second-order valence-electron chi connectivity index (χ2n) is 32.9. The number of nitrogens with zero attached hydrogens (tertiary/aromatic N) is 2. The van der Waals surface area contributed by atoms with Crippen LogP contribution in [0.2, 0.25) is 0 Å². The third kappa shape index (κ3) is 19.6. The van der Waals surface area contributed by atoms with E-state index in [0.717, 1.165) is 167 Å². The minimum absolute atomic E-state index is 0.316. The molecule has 17 rings (SSSR count). The lowest BCUT2D eigenvalue weighted by molar-refractivity contribution is 0.0680. The Labute approximate surface area is 758 Å². The number of aromatic amines is 10. The maximum Gasteiger partial charge on any atom is 0.345 e. The molecule has 2 aliphatic heterocycles. The highest BCUT2D eigenvalue weighted by Gasteiger charge is 2.30. The van der Waals surface area contributed by atoms with Crippen LogP contribution in [0.3, 0.4) is 0 Å². The fourth-order valence-electron chi connectivity index (χ4n) is 17.3. The van der Waals surface area contributed by atoms with Crippen LogP contribution in [0.4, 0.5) is 0 Å². The molecule has 35 heteroatoms. The number of benzene rings is 5. The summed E-state index contributed by atoms with van der Waals surface area (Å²) in [6.45, 7) is 24.8. The van der Waals surface area contributed by atoms with Crippen LogP contribution in [0.1, 0.15) is 181 Å². The minimum atomic E-state index is -1.46. The van der Waals surface area contributed by atoms with Crippen LogP contribution >= 0.6 is 0 Å². The van der Waals surface area contributed by atoms with Crippen LogP contribution in [0, 0.1) is 6.92 Å². The first-order chi connectivity index (χ1) is 63.5. The molecule has 0 spiro atoms. The van der Waals surface area contributed by atoms with Gasteiger partial charge in [0.05, 0.1) is 28.5 Å². The second kappa shape index (κ2) is 40.4. The average Bonchev–Trinajstić information content (AvgIpc) is 1.67. The average molecular weight is 1820 g/mol. The number of carbonyl (C=O) groups is 5. The van der Waals surface area contributed by atoms with E-state index in [1.165, 1.54) is 16.8 Å². The molecule has 0 saturated heterocycles. The number of aromatic nitrogens is 10. The minimum Gasteiger partial charge on any atom is -0.506 e. The predicted molar refractivity (Wildman–Crippen MR) is 509 cm³/mol. The van der Waals surface area contributed by atoms with Crippen molar-refractivity contribution >= 4 is 84.4 Å². The lowest BCUT2D eigenvalue weighted by Crippen LogP contribution is -2.27. The van der Waals surface area contributed by atoms with Crippen LogP contribution in [0.5, 0.6) is 28.7 Å². The summed E-state index contributed by atoms with van der Waals surface area (Å²) < 4.78 is 0. The quantitative estimate of drug-likeness (QED) is 0.0267. The number of nitrogens with one attached hydrogen (secondary N) is 13. The van der Waals surface area contributed by atoms with Crippen LogP contribution < -0.4 is 43.7 Å². The van der Waals surface area contributed by atoms with E-state index < -0.39 is 114 Å². The molecule has 0 saturated carbocycles. The molecule has 0 amide bonds. The van der Waals surface area contributed by atoms with Crippen molar-refractivity contribution in [1.82, 2.24) is 75.6 Å². The Morgan fingerprint density at radius 3 is 1.09 bits per heavy atom. The Morgan fingerprint density at radius 2 is 0.729 bits per heavy atom. The number of hydrogen-bond donors (Lipinski definition) is 23. The molecule has 15 aromatic rings. The molecule has 10 aromatic heterocycles. The predicted octanol–water partition coefficient (Wildman–Crippen LogP) is 13.3. The zero-order valence-electron chi connectivity index (χ0n) is 75.2. The van der Waals surface area contributed by atoms with Crippen LogP contribution in [0.25, 0.3) is 111 Å². The van der Waals surface area contributed by atoms with E-state index in [-0.39, 0.29) is 0 Å². The molecule has 2 aliphatic rings. The molecule has 1 atom stereocenters. The molecule has 5 aromatic carbocycles. The first-order valence-corrected chi connectivity index (χ1v) is 43.7. The zero-order valence-corrected chi connectivity index (χ0v) is 75.2. The lowest BCUT2D eigenvalue weighted by Gasteiger charge is -2.22. The van der Waals surface area contributed by atoms with Crippen molar-refractivity contribution in [3.05, 3.63) is 256 Å². The van der Waals surface area contributed by atoms with Crippen molar-refractivity contribution in [2.45, 2.75) is 146 Å². The number of hydrogen-bond acceptors (Lipinski definition) is 20. The Balaban J connectivity index is 0.000000141. The van der Waals surface area contributed by atoms with Crippen LogP contribution in [-0.4, -0.2) is 187 Å². The first-order valence-electron chi connectivity index (χ1n) is 43.7. The largest absolute Gasteiger partial charge is 0.506 e. The summed E-state index contributed by atoms with van der Waals surface area (Å²) in [7, 11) is 4.18. The maximum absolute atomic E-state index is 12.2. The number of fused-ring (bicyclic) bond motifs is 9. The fraction of sp³-hybridized carbons (Fsp3) is 0.286. The van der Waals surface area contributed by atoms with E-state index in [1.54, 1.807) is 27.7 Å². The Hall–Kier alpha value is -15.3. The van der Waals surface area contributed by atoms with Crippen molar-refractivity contribution in [2.75, 3.05) is 40.3 Å². The van der Waals surface area contributed by atoms with Crippen molar-refractivity contribution < 1.29 is 75.0 Å². The summed E-state index contributed by atoms with van der Waals surface area (Å²) in [5.74, 6) is -9.61. The summed E-state index contributed by atoms with van der Waals surface area (Å²) in [6.07, 6.45) is 4.56. The molecule has 35 nitrogen and oxygen atoms in total. The number of carboxylic acids is 5. The van der Waals surface area contributed by atoms with Crippen molar-refractivity contribution in [3.63, 3.8) is 0 Å². The molecule has 0 bridgehead atoms. The molecular weight excluding hydrogens is 1710 g/mol. The van der Waals surface area contributed by atoms with Gasteiger partial charge in [-0.25, -0.2) is 24.0 Å². The fourth-order valence-corrected chi connectivity index (χ4v) is 17.3. The van der Waals surface area contributed by atoms with E-state index in [4.69, 9.17) is 10.2 Å². The number of rotatable bonds is 24. The van der Waals surface area contributed by atoms with Crippen LogP contribution in [-0.2, 0) is 71.2 Å². The summed E-state index contributed by atoms with van der Waals surface area (Å²) in [4.78, 5) is 151. The zero-order chi connectivity index (χ0) is 96.0. The topological polar surface area (TPSA) is 573 Å². The van der Waals surface area contributed by atoms with Gasteiger partial charge in [-0.05, 0) is 168 Å². The summed E-state index contributed by atoms with van der Waals surface area (Å²) >= 11 is 0. The van der Waals surface area contributed by atoms with Crippen LogP contribution in [0.15, 0.2) is 133 Å². The highest BCUT2D eigenvalue weighted by Crippen LogP contribution is 2.40. The first kappa shape index (κ1) is 95.3. The third-order valence-corrected chi connectivity index (χ3v) is 24.5. The summed E-state index contributed by atoms with van der Waals surface area (Å²) in [5.41, 5.74) is 13.3. The van der Waals surface area contributed by atoms with Gasteiger partial charge in [-0.15, -0.1) is 0 Å². The van der Waals surface area contributed by atoms with Gasteiger partial charge in [0.2, 0.25) is 0 Å². The van der Waals surface area contributed by atoms with Gasteiger partial charge in [-0.2, -0.15) is 0 Å². The van der Waals surface area contributed by atoms with Crippen molar-refractivity contribution in [2.24, 2.45) is 0 Å². The lowest BCUT2D eigenvalue weighted by atomic mass is 9.98. The maximum atomic E-state index is 12.2. The molecular formula is C98H107N15O20. The normalized spacial score (nSPS) is 12.6. The Kier molecular flexibility index (Phi) is 28.9. The molecule has 0 fully saturated rings. The summed E-state index contributed by atoms with van der Waals surface area (Å²) in [6, 6.07) is 35.3. The highest BCUT2D eigenvalue weighted by atomic mass is 16.4. The van der Waals surface area contributed by atoms with Gasteiger partial charge in [0.25, 0.3) is 27.8 Å². The summed E-state index contributed by atoms with van der Waals surface area (Å²) in [5, 5.41) is 112. The molecule has 0 aliphatic carbocycles. The monoisotopic (exact) mass is 1810 g/mol. The SMILES string of the molecule is CCNCc1cc2ccc(-c3[nH]c(=O)c(C(=O)O)c(O)c3C)cc2[nH]1.CCNCc1cc2ccc(-c3[nH]c(=O)c(C(=O)O)c(O)c3CC)cc2[nH]1.CCc1c(-c2ccc3c4c([nH]c3c2)CN(C)CC4)[nH]c(=O)c(C(=O)O)c1O.CCc1c(-c2ccc3c4c([nH]c3c2)CNCC4)[nH]c(=O)c(C(=O)O)c1O.CCc1c(-c2ccc3cc(CN(C)C(C)CC)[nH]c3c2)[nH]c(=O)c(C(=O)O)c1O. The molecule has 1 unspecified atom stereocenters. The number of likely N-dealkylation sites (N-methyl/N-ethyl adjacent to an activating group) is 1. The second-order valence-corrected chi connectivity index (χ2v) is 32.9. The van der Waals surface area contributed by atoms with E-state index in [2.05, 4.69) is 116 Å².